The molecule has 114 valence electrons. The van der Waals surface area contributed by atoms with E-state index in [-0.39, 0.29) is 11.9 Å². The molecule has 0 unspecified atom stereocenters. The Kier molecular flexibility index (Phi) is 4.42. The van der Waals surface area contributed by atoms with E-state index < -0.39 is 5.60 Å². The van der Waals surface area contributed by atoms with Crippen LogP contribution in [0.5, 0.6) is 0 Å². The van der Waals surface area contributed by atoms with Gasteiger partial charge in [0.15, 0.2) is 0 Å². The van der Waals surface area contributed by atoms with E-state index in [1.807, 2.05) is 27.7 Å². The number of carbonyl (C=O) groups is 1. The molecule has 21 heavy (non-hydrogen) atoms. The van der Waals surface area contributed by atoms with Gasteiger partial charge in [-0.15, -0.1) is 0 Å². The highest BCUT2D eigenvalue weighted by Gasteiger charge is 2.29. The second-order valence-corrected chi connectivity index (χ2v) is 7.12. The summed E-state index contributed by atoms with van der Waals surface area (Å²) in [6.45, 7) is 8.40. The molecular formula is C16H19BrFNO2. The van der Waals surface area contributed by atoms with Crippen molar-refractivity contribution in [1.29, 1.82) is 0 Å². The Balaban J connectivity index is 2.01. The summed E-state index contributed by atoms with van der Waals surface area (Å²) in [5.74, 6) is -0.268. The first-order valence-electron chi connectivity index (χ1n) is 6.79. The number of hydrogen-bond acceptors (Lipinski definition) is 2. The molecule has 1 aromatic rings. The van der Waals surface area contributed by atoms with Gasteiger partial charge in [-0.2, -0.15) is 0 Å². The summed E-state index contributed by atoms with van der Waals surface area (Å²) in [7, 11) is 0. The van der Waals surface area contributed by atoms with Crippen molar-refractivity contribution in [3.05, 3.63) is 39.1 Å². The van der Waals surface area contributed by atoms with Crippen LogP contribution in [0.15, 0.2) is 22.2 Å². The van der Waals surface area contributed by atoms with E-state index >= 15 is 0 Å². The van der Waals surface area contributed by atoms with Crippen LogP contribution >= 0.6 is 15.9 Å². The Morgan fingerprint density at radius 1 is 1.38 bits per heavy atom. The molecule has 0 saturated carbocycles. The molecule has 2 rings (SSSR count). The number of hydrogen-bond donors (Lipinski definition) is 0. The number of benzene rings is 1. The topological polar surface area (TPSA) is 29.5 Å². The smallest absolute Gasteiger partial charge is 0.410 e. The lowest BCUT2D eigenvalue weighted by Gasteiger charge is -2.35. The Morgan fingerprint density at radius 2 is 2.00 bits per heavy atom. The van der Waals surface area contributed by atoms with E-state index in [0.29, 0.717) is 18.7 Å². The first kappa shape index (κ1) is 16.0. The highest BCUT2D eigenvalue weighted by molar-refractivity contribution is 9.10. The van der Waals surface area contributed by atoms with Crippen molar-refractivity contribution in [3.63, 3.8) is 0 Å². The summed E-state index contributed by atoms with van der Waals surface area (Å²) in [5, 5.41) is 0. The van der Waals surface area contributed by atoms with Gasteiger partial charge in [0.05, 0.1) is 0 Å². The van der Waals surface area contributed by atoms with Crippen molar-refractivity contribution in [2.24, 2.45) is 0 Å². The summed E-state index contributed by atoms with van der Waals surface area (Å²) in [5.41, 5.74) is 2.05. The minimum atomic E-state index is -0.495. The normalized spacial score (nSPS) is 14.8. The first-order valence-corrected chi connectivity index (χ1v) is 7.58. The van der Waals surface area contributed by atoms with Gasteiger partial charge in [0.1, 0.15) is 11.4 Å². The molecule has 0 aliphatic carbocycles. The first-order chi connectivity index (χ1) is 9.65. The van der Waals surface area contributed by atoms with Crippen molar-refractivity contribution in [3.8, 4) is 0 Å². The van der Waals surface area contributed by atoms with Gasteiger partial charge in [0.2, 0.25) is 0 Å². The fraction of sp³-hybridized carbons (Fsp3) is 0.438. The molecule has 0 atom stereocenters. The number of rotatable bonds is 1. The zero-order chi connectivity index (χ0) is 15.8. The summed E-state index contributed by atoms with van der Waals surface area (Å²) >= 11 is 3.30. The van der Waals surface area contributed by atoms with E-state index in [4.69, 9.17) is 4.74 Å². The zero-order valence-corrected chi connectivity index (χ0v) is 14.3. The molecule has 1 saturated heterocycles. The zero-order valence-electron chi connectivity index (χ0n) is 12.7. The number of aryl methyl sites for hydroxylation is 1. The van der Waals surface area contributed by atoms with Crippen LogP contribution < -0.4 is 0 Å². The molecule has 0 radical (unpaired) electrons. The third-order valence-electron chi connectivity index (χ3n) is 3.08. The second kappa shape index (κ2) is 5.79. The average molecular weight is 356 g/mol. The van der Waals surface area contributed by atoms with Crippen molar-refractivity contribution < 1.29 is 13.9 Å². The maximum Gasteiger partial charge on any atom is 0.410 e. The van der Waals surface area contributed by atoms with Crippen molar-refractivity contribution in [2.45, 2.75) is 33.3 Å². The van der Waals surface area contributed by atoms with Crippen LogP contribution in [0, 0.1) is 12.7 Å². The maximum atomic E-state index is 13.8. The average Bonchev–Trinajstić information content (AvgIpc) is 2.26. The minimum absolute atomic E-state index is 0.268. The van der Waals surface area contributed by atoms with E-state index in [1.165, 1.54) is 6.07 Å². The van der Waals surface area contributed by atoms with Crippen LogP contribution in [-0.4, -0.2) is 29.7 Å². The summed E-state index contributed by atoms with van der Waals surface area (Å²) < 4.78 is 19.9. The fourth-order valence-corrected chi connectivity index (χ4v) is 2.32. The molecule has 1 aliphatic heterocycles. The molecule has 1 heterocycles. The minimum Gasteiger partial charge on any atom is -0.444 e. The molecule has 3 nitrogen and oxygen atoms in total. The lowest BCUT2D eigenvalue weighted by atomic mass is 10.0. The Hall–Kier alpha value is -1.36. The molecule has 0 N–H and O–H groups in total. The monoisotopic (exact) mass is 355 g/mol. The largest absolute Gasteiger partial charge is 0.444 e. The molecule has 0 spiro atoms. The standard InChI is InChI=1S/C16H19BrFNO2/c1-10-5-12(14(18)7-13(10)17)6-11-8-19(9-11)15(20)21-16(2,3)4/h5-7H,8-9H2,1-4H3. The Morgan fingerprint density at radius 3 is 2.57 bits per heavy atom. The van der Waals surface area contributed by atoms with Crippen LogP contribution in [0.25, 0.3) is 6.08 Å². The predicted molar refractivity (Wildman–Crippen MR) is 84.6 cm³/mol. The number of carbonyl (C=O) groups excluding carboxylic acids is 1. The van der Waals surface area contributed by atoms with Gasteiger partial charge in [-0.25, -0.2) is 9.18 Å². The van der Waals surface area contributed by atoms with Crippen molar-refractivity contribution in [1.82, 2.24) is 4.90 Å². The Labute approximate surface area is 132 Å². The van der Waals surface area contributed by atoms with E-state index in [2.05, 4.69) is 15.9 Å². The molecule has 1 aliphatic rings. The van der Waals surface area contributed by atoms with Crippen LogP contribution in [0.4, 0.5) is 9.18 Å². The number of ether oxygens (including phenoxy) is 1. The number of likely N-dealkylation sites (tertiary alicyclic amines) is 1. The van der Waals surface area contributed by atoms with Gasteiger partial charge in [-0.1, -0.05) is 15.9 Å². The lowest BCUT2D eigenvalue weighted by Crippen LogP contribution is -2.46. The molecule has 0 aromatic heterocycles. The summed E-state index contributed by atoms with van der Waals surface area (Å²) in [6, 6.07) is 3.26. The van der Waals surface area contributed by atoms with Crippen LogP contribution in [0.1, 0.15) is 31.9 Å². The van der Waals surface area contributed by atoms with Gasteiger partial charge in [0, 0.05) is 23.1 Å². The molecule has 1 aromatic carbocycles. The van der Waals surface area contributed by atoms with Crippen molar-refractivity contribution in [2.75, 3.05) is 13.1 Å². The molecule has 1 amide bonds. The van der Waals surface area contributed by atoms with E-state index in [9.17, 15) is 9.18 Å². The van der Waals surface area contributed by atoms with E-state index in [0.717, 1.165) is 15.6 Å². The number of amides is 1. The van der Waals surface area contributed by atoms with Gasteiger partial charge in [-0.3, -0.25) is 0 Å². The van der Waals surface area contributed by atoms with Gasteiger partial charge < -0.3 is 9.64 Å². The molecule has 5 heteroatoms. The summed E-state index contributed by atoms with van der Waals surface area (Å²) in [4.78, 5) is 13.4. The molecule has 0 bridgehead atoms. The Bertz CT molecular complexity index is 597. The third kappa shape index (κ3) is 4.06. The highest BCUT2D eigenvalue weighted by Crippen LogP contribution is 2.25. The van der Waals surface area contributed by atoms with E-state index in [1.54, 1.807) is 17.0 Å². The van der Waals surface area contributed by atoms with Crippen LogP contribution in [0.3, 0.4) is 0 Å². The highest BCUT2D eigenvalue weighted by atomic mass is 79.9. The molecule has 1 fully saturated rings. The van der Waals surface area contributed by atoms with Gasteiger partial charge >= 0.3 is 6.09 Å². The van der Waals surface area contributed by atoms with Gasteiger partial charge in [-0.05, 0) is 57.0 Å². The SMILES string of the molecule is Cc1cc(C=C2CN(C(=O)OC(C)(C)C)C2)c(F)cc1Br. The maximum absolute atomic E-state index is 13.8. The predicted octanol–water partition coefficient (Wildman–Crippen LogP) is 4.53. The second-order valence-electron chi connectivity index (χ2n) is 6.26. The summed E-state index contributed by atoms with van der Waals surface area (Å²) in [6.07, 6.45) is 1.47. The lowest BCUT2D eigenvalue weighted by molar-refractivity contribution is 0.0216. The third-order valence-corrected chi connectivity index (χ3v) is 3.93. The fourth-order valence-electron chi connectivity index (χ4n) is 2.00. The van der Waals surface area contributed by atoms with Crippen molar-refractivity contribution >= 4 is 28.1 Å². The van der Waals surface area contributed by atoms with Gasteiger partial charge in [0.25, 0.3) is 0 Å². The quantitative estimate of drug-likeness (QED) is 0.740. The van der Waals surface area contributed by atoms with Crippen LogP contribution in [0.2, 0.25) is 0 Å². The number of nitrogens with zero attached hydrogens (tertiary/aromatic N) is 1. The van der Waals surface area contributed by atoms with Crippen LogP contribution in [-0.2, 0) is 4.74 Å². The number of halogens is 2. The molecular weight excluding hydrogens is 337 g/mol.